The fourth-order valence-electron chi connectivity index (χ4n) is 3.19. The molecular weight excluding hydrogens is 279 g/mol. The average Bonchev–Trinajstić information content (AvgIpc) is 2.47. The first kappa shape index (κ1) is 16.3. The molecule has 1 aliphatic rings. The van der Waals surface area contributed by atoms with Crippen LogP contribution in [0.1, 0.15) is 49.8 Å². The number of aliphatic hydroxyl groups is 1. The summed E-state index contributed by atoms with van der Waals surface area (Å²) in [6, 6.07) is 5.39. The minimum absolute atomic E-state index is 0.0834. The van der Waals surface area contributed by atoms with Gasteiger partial charge in [-0.2, -0.15) is 13.2 Å². The fraction of sp³-hybridized carbons (Fsp3) is 0.625. The lowest BCUT2D eigenvalue weighted by atomic mass is 9.84. The normalized spacial score (nSPS) is 24.8. The minimum Gasteiger partial charge on any atom is -0.396 e. The Morgan fingerprint density at radius 3 is 2.57 bits per heavy atom. The molecule has 0 saturated heterocycles. The maximum absolute atomic E-state index is 13.1. The summed E-state index contributed by atoms with van der Waals surface area (Å²) in [5.41, 5.74) is -0.311. The highest BCUT2D eigenvalue weighted by Gasteiger charge is 2.35. The van der Waals surface area contributed by atoms with E-state index in [4.69, 9.17) is 0 Å². The molecule has 3 unspecified atom stereocenters. The van der Waals surface area contributed by atoms with Gasteiger partial charge in [0.2, 0.25) is 0 Å². The zero-order valence-electron chi connectivity index (χ0n) is 12.2. The molecule has 1 saturated carbocycles. The second-order valence-corrected chi connectivity index (χ2v) is 5.81. The monoisotopic (exact) mass is 301 g/mol. The highest BCUT2D eigenvalue weighted by Crippen LogP contribution is 2.35. The molecule has 1 aliphatic carbocycles. The molecule has 2 nitrogen and oxygen atoms in total. The molecule has 21 heavy (non-hydrogen) atoms. The van der Waals surface area contributed by atoms with Crippen molar-refractivity contribution in [2.75, 3.05) is 6.61 Å². The van der Waals surface area contributed by atoms with Gasteiger partial charge in [0, 0.05) is 18.7 Å². The molecule has 0 bridgehead atoms. The largest absolute Gasteiger partial charge is 0.416 e. The summed E-state index contributed by atoms with van der Waals surface area (Å²) in [5, 5.41) is 12.7. The predicted octanol–water partition coefficient (Wildman–Crippen LogP) is 3.91. The van der Waals surface area contributed by atoms with E-state index in [-0.39, 0.29) is 30.2 Å². The smallest absolute Gasteiger partial charge is 0.396 e. The van der Waals surface area contributed by atoms with Gasteiger partial charge in [-0.1, -0.05) is 31.0 Å². The van der Waals surface area contributed by atoms with Gasteiger partial charge in [0.15, 0.2) is 0 Å². The quantitative estimate of drug-likeness (QED) is 0.884. The molecule has 1 aromatic rings. The minimum atomic E-state index is -4.34. The molecule has 0 aliphatic heterocycles. The van der Waals surface area contributed by atoms with E-state index in [9.17, 15) is 18.3 Å². The lowest BCUT2D eigenvalue weighted by Crippen LogP contribution is -2.41. The summed E-state index contributed by atoms with van der Waals surface area (Å²) in [4.78, 5) is 0. The van der Waals surface area contributed by atoms with E-state index in [0.717, 1.165) is 31.7 Å². The zero-order valence-corrected chi connectivity index (χ0v) is 12.2. The van der Waals surface area contributed by atoms with E-state index in [2.05, 4.69) is 5.32 Å². The zero-order chi connectivity index (χ0) is 15.5. The van der Waals surface area contributed by atoms with Crippen LogP contribution in [0.4, 0.5) is 13.2 Å². The van der Waals surface area contributed by atoms with E-state index in [1.54, 1.807) is 13.0 Å². The lowest BCUT2D eigenvalue weighted by molar-refractivity contribution is -0.138. The molecule has 3 atom stereocenters. The second-order valence-electron chi connectivity index (χ2n) is 5.81. The van der Waals surface area contributed by atoms with Crippen molar-refractivity contribution in [2.45, 2.75) is 50.9 Å². The Bertz CT molecular complexity index is 461. The predicted molar refractivity (Wildman–Crippen MR) is 75.8 cm³/mol. The Kier molecular flexibility index (Phi) is 5.27. The van der Waals surface area contributed by atoms with Gasteiger partial charge in [0.1, 0.15) is 0 Å². The van der Waals surface area contributed by atoms with Crippen LogP contribution in [0.5, 0.6) is 0 Å². The standard InChI is InChI=1S/C16H22F3NO/c1-11(20-15-9-5-2-6-12(15)10-21)13-7-3-4-8-14(13)16(17,18)19/h3-4,7-8,11-12,15,20-21H,2,5-6,9-10H2,1H3. The molecule has 0 spiro atoms. The van der Waals surface area contributed by atoms with Crippen molar-refractivity contribution in [2.24, 2.45) is 5.92 Å². The van der Waals surface area contributed by atoms with Crippen molar-refractivity contribution >= 4 is 0 Å². The van der Waals surface area contributed by atoms with Crippen LogP contribution in [0.3, 0.4) is 0 Å². The molecule has 2 N–H and O–H groups in total. The number of alkyl halides is 3. The Balaban J connectivity index is 2.15. The van der Waals surface area contributed by atoms with Crippen LogP contribution in [-0.4, -0.2) is 17.8 Å². The molecule has 118 valence electrons. The van der Waals surface area contributed by atoms with E-state index < -0.39 is 11.7 Å². The van der Waals surface area contributed by atoms with E-state index in [1.807, 2.05) is 0 Å². The summed E-state index contributed by atoms with van der Waals surface area (Å²) in [6.07, 6.45) is -0.361. The van der Waals surface area contributed by atoms with Crippen molar-refractivity contribution in [1.82, 2.24) is 5.32 Å². The molecule has 0 amide bonds. The van der Waals surface area contributed by atoms with Gasteiger partial charge in [0.25, 0.3) is 0 Å². The lowest BCUT2D eigenvalue weighted by Gasteiger charge is -2.34. The molecule has 0 heterocycles. The molecule has 0 aromatic heterocycles. The van der Waals surface area contributed by atoms with Crippen LogP contribution < -0.4 is 5.32 Å². The van der Waals surface area contributed by atoms with Crippen molar-refractivity contribution in [3.8, 4) is 0 Å². The topological polar surface area (TPSA) is 32.3 Å². The number of hydrogen-bond acceptors (Lipinski definition) is 2. The van der Waals surface area contributed by atoms with E-state index in [0.29, 0.717) is 0 Å². The van der Waals surface area contributed by atoms with Crippen LogP contribution >= 0.6 is 0 Å². The Morgan fingerprint density at radius 1 is 1.24 bits per heavy atom. The molecule has 1 fully saturated rings. The number of hydrogen-bond donors (Lipinski definition) is 2. The summed E-state index contributed by atoms with van der Waals surface area (Å²) in [6.45, 7) is 1.85. The van der Waals surface area contributed by atoms with Crippen LogP contribution in [0.15, 0.2) is 24.3 Å². The highest BCUT2D eigenvalue weighted by atomic mass is 19.4. The van der Waals surface area contributed by atoms with Gasteiger partial charge in [0.05, 0.1) is 5.56 Å². The fourth-order valence-corrected chi connectivity index (χ4v) is 3.19. The van der Waals surface area contributed by atoms with Gasteiger partial charge < -0.3 is 10.4 Å². The average molecular weight is 301 g/mol. The van der Waals surface area contributed by atoms with Crippen molar-refractivity contribution in [3.05, 3.63) is 35.4 Å². The van der Waals surface area contributed by atoms with Crippen molar-refractivity contribution in [3.63, 3.8) is 0 Å². The van der Waals surface area contributed by atoms with E-state index in [1.165, 1.54) is 12.1 Å². The summed E-state index contributed by atoms with van der Waals surface area (Å²) in [7, 11) is 0. The van der Waals surface area contributed by atoms with Gasteiger partial charge in [-0.3, -0.25) is 0 Å². The maximum atomic E-state index is 13.1. The molecule has 2 rings (SSSR count). The molecular formula is C16H22F3NO. The van der Waals surface area contributed by atoms with Gasteiger partial charge in [-0.05, 0) is 37.3 Å². The summed E-state index contributed by atoms with van der Waals surface area (Å²) >= 11 is 0. The van der Waals surface area contributed by atoms with Crippen molar-refractivity contribution in [1.29, 1.82) is 0 Å². The number of halogens is 3. The summed E-state index contributed by atoms with van der Waals surface area (Å²) in [5.74, 6) is 0.138. The Morgan fingerprint density at radius 2 is 1.90 bits per heavy atom. The number of nitrogens with one attached hydrogen (secondary N) is 1. The highest BCUT2D eigenvalue weighted by molar-refractivity contribution is 5.32. The van der Waals surface area contributed by atoms with Gasteiger partial charge in [-0.15, -0.1) is 0 Å². The molecule has 5 heteroatoms. The first-order valence-electron chi connectivity index (χ1n) is 7.46. The number of rotatable bonds is 4. The van der Waals surface area contributed by atoms with Gasteiger partial charge >= 0.3 is 6.18 Å². The molecule has 1 aromatic carbocycles. The third-order valence-electron chi connectivity index (χ3n) is 4.34. The first-order chi connectivity index (χ1) is 9.93. The SMILES string of the molecule is CC(NC1CCCCC1CO)c1ccccc1C(F)(F)F. The van der Waals surface area contributed by atoms with E-state index >= 15 is 0 Å². The van der Waals surface area contributed by atoms with Crippen molar-refractivity contribution < 1.29 is 18.3 Å². The van der Waals surface area contributed by atoms with Gasteiger partial charge in [-0.25, -0.2) is 0 Å². The Hall–Kier alpha value is -1.07. The first-order valence-corrected chi connectivity index (χ1v) is 7.46. The van der Waals surface area contributed by atoms with Crippen LogP contribution in [0.2, 0.25) is 0 Å². The summed E-state index contributed by atoms with van der Waals surface area (Å²) < 4.78 is 39.2. The van der Waals surface area contributed by atoms with Crippen LogP contribution in [0.25, 0.3) is 0 Å². The number of aliphatic hydroxyl groups excluding tert-OH is 1. The third-order valence-corrected chi connectivity index (χ3v) is 4.34. The van der Waals surface area contributed by atoms with Crippen LogP contribution in [0, 0.1) is 5.92 Å². The Labute approximate surface area is 123 Å². The second kappa shape index (κ2) is 6.79. The number of benzene rings is 1. The maximum Gasteiger partial charge on any atom is 0.416 e. The van der Waals surface area contributed by atoms with Crippen LogP contribution in [-0.2, 0) is 6.18 Å². The molecule has 0 radical (unpaired) electrons. The third kappa shape index (κ3) is 3.98.